The molecule has 4 nitrogen and oxygen atoms in total. The first-order valence-electron chi connectivity index (χ1n) is 7.13. The normalized spacial score (nSPS) is 17.5. The lowest BCUT2D eigenvalue weighted by atomic mass is 10.1. The highest BCUT2D eigenvalue weighted by atomic mass is 16.5. The van der Waals surface area contributed by atoms with Crippen molar-refractivity contribution in [3.63, 3.8) is 0 Å². The fourth-order valence-electron chi connectivity index (χ4n) is 2.60. The van der Waals surface area contributed by atoms with E-state index in [1.165, 1.54) is 5.69 Å². The van der Waals surface area contributed by atoms with Gasteiger partial charge in [-0.3, -0.25) is 4.98 Å². The molecule has 0 N–H and O–H groups in total. The molecule has 1 saturated heterocycles. The van der Waals surface area contributed by atoms with Crippen molar-refractivity contribution < 1.29 is 4.74 Å². The number of rotatable bonds is 4. The van der Waals surface area contributed by atoms with Crippen LogP contribution in [0, 0.1) is 17.2 Å². The molecule has 106 valence electrons. The Kier molecular flexibility index (Phi) is 4.02. The lowest BCUT2D eigenvalue weighted by Gasteiger charge is -2.19. The number of ether oxygens (including phenoxy) is 1. The van der Waals surface area contributed by atoms with Crippen molar-refractivity contribution >= 4 is 5.69 Å². The summed E-state index contributed by atoms with van der Waals surface area (Å²) >= 11 is 0. The molecule has 1 atom stereocenters. The Bertz CT molecular complexity index is 619. The van der Waals surface area contributed by atoms with Gasteiger partial charge in [-0.15, -0.1) is 0 Å². The zero-order valence-corrected chi connectivity index (χ0v) is 11.8. The number of nitrogens with zero attached hydrogens (tertiary/aromatic N) is 3. The average Bonchev–Trinajstić information content (AvgIpc) is 3.03. The van der Waals surface area contributed by atoms with Gasteiger partial charge in [-0.1, -0.05) is 0 Å². The molecule has 0 aliphatic carbocycles. The smallest absolute Gasteiger partial charge is 0.122 e. The summed E-state index contributed by atoms with van der Waals surface area (Å²) in [6, 6.07) is 13.7. The summed E-state index contributed by atoms with van der Waals surface area (Å²) in [6.45, 7) is 2.77. The van der Waals surface area contributed by atoms with Gasteiger partial charge in [0.05, 0.1) is 18.2 Å². The van der Waals surface area contributed by atoms with Crippen LogP contribution in [0.15, 0.2) is 48.8 Å². The molecular weight excluding hydrogens is 262 g/mol. The number of benzene rings is 1. The Morgan fingerprint density at radius 3 is 2.67 bits per heavy atom. The van der Waals surface area contributed by atoms with Gasteiger partial charge in [-0.05, 0) is 42.8 Å². The molecule has 1 aliphatic rings. The van der Waals surface area contributed by atoms with E-state index in [1.807, 2.05) is 36.4 Å². The lowest BCUT2D eigenvalue weighted by molar-refractivity contribution is 0.261. The molecule has 1 unspecified atom stereocenters. The summed E-state index contributed by atoms with van der Waals surface area (Å²) < 4.78 is 5.80. The second kappa shape index (κ2) is 6.27. The van der Waals surface area contributed by atoms with Crippen LogP contribution >= 0.6 is 0 Å². The molecule has 21 heavy (non-hydrogen) atoms. The Balaban J connectivity index is 1.54. The van der Waals surface area contributed by atoms with Crippen molar-refractivity contribution in [1.29, 1.82) is 5.26 Å². The average molecular weight is 279 g/mol. The van der Waals surface area contributed by atoms with Crippen LogP contribution in [0.4, 0.5) is 5.69 Å². The number of aromatic nitrogens is 1. The maximum atomic E-state index is 8.83. The lowest BCUT2D eigenvalue weighted by Crippen LogP contribution is -2.21. The van der Waals surface area contributed by atoms with E-state index in [2.05, 4.69) is 16.0 Å². The van der Waals surface area contributed by atoms with E-state index in [-0.39, 0.29) is 0 Å². The van der Waals surface area contributed by atoms with Crippen LogP contribution in [0.2, 0.25) is 0 Å². The maximum absolute atomic E-state index is 8.83. The maximum Gasteiger partial charge on any atom is 0.122 e. The van der Waals surface area contributed by atoms with Crippen LogP contribution in [0.5, 0.6) is 5.75 Å². The van der Waals surface area contributed by atoms with Crippen molar-refractivity contribution in [2.24, 2.45) is 5.92 Å². The number of nitriles is 1. The SMILES string of the molecule is N#Cc1ccc(N2CCC(COc3ccncc3)C2)cc1. The van der Waals surface area contributed by atoms with Crippen molar-refractivity contribution in [1.82, 2.24) is 4.98 Å². The monoisotopic (exact) mass is 279 g/mol. The summed E-state index contributed by atoms with van der Waals surface area (Å²) in [5.41, 5.74) is 1.89. The third-order valence-corrected chi connectivity index (χ3v) is 3.78. The van der Waals surface area contributed by atoms with Gasteiger partial charge in [-0.2, -0.15) is 5.26 Å². The summed E-state index contributed by atoms with van der Waals surface area (Å²) in [6.07, 6.45) is 4.62. The Morgan fingerprint density at radius 1 is 1.19 bits per heavy atom. The highest BCUT2D eigenvalue weighted by Crippen LogP contribution is 2.24. The molecule has 1 fully saturated rings. The molecule has 1 aromatic carbocycles. The van der Waals surface area contributed by atoms with Gasteiger partial charge < -0.3 is 9.64 Å². The predicted octanol–water partition coefficient (Wildman–Crippen LogP) is 2.86. The van der Waals surface area contributed by atoms with Crippen molar-refractivity contribution in [3.05, 3.63) is 54.4 Å². The fraction of sp³-hybridized carbons (Fsp3) is 0.294. The largest absolute Gasteiger partial charge is 0.493 e. The van der Waals surface area contributed by atoms with Gasteiger partial charge in [0, 0.05) is 37.1 Å². The molecule has 4 heteroatoms. The van der Waals surface area contributed by atoms with Crippen LogP contribution in [0.3, 0.4) is 0 Å². The quantitative estimate of drug-likeness (QED) is 0.863. The topological polar surface area (TPSA) is 49.2 Å². The van der Waals surface area contributed by atoms with Gasteiger partial charge in [0.1, 0.15) is 5.75 Å². The van der Waals surface area contributed by atoms with Crippen LogP contribution in [0.1, 0.15) is 12.0 Å². The van der Waals surface area contributed by atoms with Gasteiger partial charge in [0.15, 0.2) is 0 Å². The first kappa shape index (κ1) is 13.4. The zero-order valence-electron chi connectivity index (χ0n) is 11.8. The molecule has 2 heterocycles. The standard InChI is InChI=1S/C17H17N3O/c18-11-14-1-3-16(4-2-14)20-10-7-15(12-20)13-21-17-5-8-19-9-6-17/h1-6,8-9,15H,7,10,12-13H2. The first-order chi connectivity index (χ1) is 10.3. The van der Waals surface area contributed by atoms with E-state index in [0.717, 1.165) is 31.9 Å². The van der Waals surface area contributed by atoms with Gasteiger partial charge in [0.2, 0.25) is 0 Å². The molecular formula is C17H17N3O. The summed E-state index contributed by atoms with van der Waals surface area (Å²) in [5.74, 6) is 1.41. The highest BCUT2D eigenvalue weighted by molar-refractivity contribution is 5.50. The molecule has 1 aromatic heterocycles. The van der Waals surface area contributed by atoms with E-state index in [9.17, 15) is 0 Å². The molecule has 0 saturated carbocycles. The summed E-state index contributed by atoms with van der Waals surface area (Å²) in [7, 11) is 0. The van der Waals surface area contributed by atoms with Crippen molar-refractivity contribution in [3.8, 4) is 11.8 Å². The Morgan fingerprint density at radius 2 is 1.95 bits per heavy atom. The minimum absolute atomic E-state index is 0.536. The number of anilines is 1. The van der Waals surface area contributed by atoms with Gasteiger partial charge in [0.25, 0.3) is 0 Å². The minimum Gasteiger partial charge on any atom is -0.493 e. The van der Waals surface area contributed by atoms with Crippen LogP contribution in [-0.2, 0) is 0 Å². The van der Waals surface area contributed by atoms with Crippen LogP contribution in [-0.4, -0.2) is 24.7 Å². The molecule has 2 aromatic rings. The van der Waals surface area contributed by atoms with E-state index in [4.69, 9.17) is 10.00 Å². The molecule has 0 radical (unpaired) electrons. The van der Waals surface area contributed by atoms with Crippen LogP contribution in [0.25, 0.3) is 0 Å². The molecule has 3 rings (SSSR count). The second-order valence-electron chi connectivity index (χ2n) is 5.25. The van der Waals surface area contributed by atoms with Crippen molar-refractivity contribution in [2.75, 3.05) is 24.6 Å². The van der Waals surface area contributed by atoms with Gasteiger partial charge >= 0.3 is 0 Å². The van der Waals surface area contributed by atoms with Gasteiger partial charge in [-0.25, -0.2) is 0 Å². The van der Waals surface area contributed by atoms with E-state index in [1.54, 1.807) is 12.4 Å². The third kappa shape index (κ3) is 3.32. The Labute approximate surface area is 124 Å². The molecule has 0 amide bonds. The second-order valence-corrected chi connectivity index (χ2v) is 5.25. The van der Waals surface area contributed by atoms with Crippen LogP contribution < -0.4 is 9.64 Å². The Hall–Kier alpha value is -2.54. The molecule has 1 aliphatic heterocycles. The minimum atomic E-state index is 0.536. The number of hydrogen-bond acceptors (Lipinski definition) is 4. The van der Waals surface area contributed by atoms with E-state index >= 15 is 0 Å². The summed E-state index contributed by atoms with van der Waals surface area (Å²) in [4.78, 5) is 6.33. The zero-order chi connectivity index (χ0) is 14.5. The fourth-order valence-corrected chi connectivity index (χ4v) is 2.60. The number of pyridine rings is 1. The van der Waals surface area contributed by atoms with E-state index in [0.29, 0.717) is 11.5 Å². The highest BCUT2D eigenvalue weighted by Gasteiger charge is 2.23. The third-order valence-electron chi connectivity index (χ3n) is 3.78. The molecule has 0 bridgehead atoms. The molecule has 0 spiro atoms. The number of hydrogen-bond donors (Lipinski definition) is 0. The predicted molar refractivity (Wildman–Crippen MR) is 81.2 cm³/mol. The van der Waals surface area contributed by atoms with Crippen molar-refractivity contribution in [2.45, 2.75) is 6.42 Å². The summed E-state index contributed by atoms with van der Waals surface area (Å²) in [5, 5.41) is 8.83. The first-order valence-corrected chi connectivity index (χ1v) is 7.13. The van der Waals surface area contributed by atoms with E-state index < -0.39 is 0 Å².